The number of hydrogen-bond acceptors (Lipinski definition) is 5. The molecule has 1 aliphatic rings. The number of carbonyl (C=O) groups is 1. The lowest BCUT2D eigenvalue weighted by molar-refractivity contribution is 0.205. The van der Waals surface area contributed by atoms with E-state index in [0.29, 0.717) is 29.9 Å². The molecule has 8 heteroatoms. The Hall–Kier alpha value is -3.32. The minimum Gasteiger partial charge on any atom is -0.494 e. The van der Waals surface area contributed by atoms with Crippen molar-refractivity contribution in [3.05, 3.63) is 70.7 Å². The summed E-state index contributed by atoms with van der Waals surface area (Å²) in [6, 6.07) is 14.3. The number of ether oxygens (including phenoxy) is 1. The molecule has 2 amide bonds. The third kappa shape index (κ3) is 4.34. The molecule has 0 fully saturated rings. The number of halogens is 1. The second kappa shape index (κ2) is 9.44. The first-order chi connectivity index (χ1) is 15.5. The number of benzene rings is 2. The van der Waals surface area contributed by atoms with Gasteiger partial charge in [0, 0.05) is 22.8 Å². The molecule has 0 bridgehead atoms. The van der Waals surface area contributed by atoms with Gasteiger partial charge in [-0.2, -0.15) is 4.98 Å². The van der Waals surface area contributed by atoms with Crippen LogP contribution in [0.15, 0.2) is 58.8 Å². The molecule has 2 aromatic carbocycles. The summed E-state index contributed by atoms with van der Waals surface area (Å²) in [5.41, 5.74) is 3.19. The Kier molecular flexibility index (Phi) is 6.46. The van der Waals surface area contributed by atoms with Crippen molar-refractivity contribution in [2.75, 3.05) is 13.2 Å². The van der Waals surface area contributed by atoms with E-state index in [1.807, 2.05) is 63.2 Å². The third-order valence-electron chi connectivity index (χ3n) is 5.31. The molecular weight excluding hydrogens is 428 g/mol. The monoisotopic (exact) mass is 452 g/mol. The summed E-state index contributed by atoms with van der Waals surface area (Å²) in [7, 11) is 0. The van der Waals surface area contributed by atoms with Crippen LogP contribution in [-0.2, 0) is 0 Å². The summed E-state index contributed by atoms with van der Waals surface area (Å²) < 4.78 is 11.2. The van der Waals surface area contributed by atoms with E-state index in [1.54, 1.807) is 11.0 Å². The molecule has 0 aliphatic carbocycles. The van der Waals surface area contributed by atoms with E-state index in [-0.39, 0.29) is 6.03 Å². The summed E-state index contributed by atoms with van der Waals surface area (Å²) in [6.45, 7) is 7.06. The molecule has 1 unspecified atom stereocenters. The quantitative estimate of drug-likeness (QED) is 0.497. The molecule has 0 saturated heterocycles. The first-order valence-electron chi connectivity index (χ1n) is 10.6. The zero-order chi connectivity index (χ0) is 22.7. The summed E-state index contributed by atoms with van der Waals surface area (Å²) in [5, 5.41) is 7.85. The highest BCUT2D eigenvalue weighted by Crippen LogP contribution is 2.38. The van der Waals surface area contributed by atoms with E-state index < -0.39 is 6.04 Å². The number of urea groups is 1. The van der Waals surface area contributed by atoms with Crippen molar-refractivity contribution in [1.29, 1.82) is 0 Å². The molecule has 1 N–H and O–H groups in total. The Balaban J connectivity index is 1.76. The van der Waals surface area contributed by atoms with Gasteiger partial charge in [0.05, 0.1) is 18.2 Å². The summed E-state index contributed by atoms with van der Waals surface area (Å²) >= 11 is 6.23. The van der Waals surface area contributed by atoms with Gasteiger partial charge < -0.3 is 14.6 Å². The average molecular weight is 453 g/mol. The number of hydrogen-bond donors (Lipinski definition) is 1. The molecular formula is C24H25ClN4O3. The highest BCUT2D eigenvalue weighted by molar-refractivity contribution is 6.30. The van der Waals surface area contributed by atoms with Gasteiger partial charge in [-0.15, -0.1) is 0 Å². The normalized spacial score (nSPS) is 16.3. The van der Waals surface area contributed by atoms with Gasteiger partial charge in [0.15, 0.2) is 0 Å². The first kappa shape index (κ1) is 21.9. The van der Waals surface area contributed by atoms with Crippen LogP contribution in [0.2, 0.25) is 5.02 Å². The Labute approximate surface area is 192 Å². The Morgan fingerprint density at radius 2 is 1.97 bits per heavy atom. The topological polar surface area (TPSA) is 80.5 Å². The highest BCUT2D eigenvalue weighted by Gasteiger charge is 2.35. The molecule has 1 aromatic heterocycles. The van der Waals surface area contributed by atoms with Crippen LogP contribution in [0, 0.1) is 0 Å². The molecule has 3 aromatic rings. The molecule has 0 spiro atoms. The van der Waals surface area contributed by atoms with Gasteiger partial charge in [0.25, 0.3) is 5.89 Å². The molecule has 1 atom stereocenters. The SMILES string of the molecule is CCCN1C(=O)NC(c2cccc(Cl)c2)C(c2nc(-c3ccc(OCC)cc3)no2)=C1C. The van der Waals surface area contributed by atoms with Crippen LogP contribution in [-0.4, -0.2) is 34.2 Å². The molecule has 1 aliphatic heterocycles. The Morgan fingerprint density at radius 3 is 2.66 bits per heavy atom. The average Bonchev–Trinajstić information content (AvgIpc) is 3.26. The lowest BCUT2D eigenvalue weighted by atomic mass is 9.94. The first-order valence-corrected chi connectivity index (χ1v) is 11.0. The molecule has 7 nitrogen and oxygen atoms in total. The zero-order valence-corrected chi connectivity index (χ0v) is 19.0. The fourth-order valence-electron chi connectivity index (χ4n) is 3.80. The van der Waals surface area contributed by atoms with Crippen molar-refractivity contribution in [3.63, 3.8) is 0 Å². The van der Waals surface area contributed by atoms with E-state index >= 15 is 0 Å². The number of allylic oxidation sites excluding steroid dienone is 1. The van der Waals surface area contributed by atoms with Crippen LogP contribution in [0.5, 0.6) is 5.75 Å². The van der Waals surface area contributed by atoms with Crippen LogP contribution >= 0.6 is 11.6 Å². The molecule has 0 radical (unpaired) electrons. The summed E-state index contributed by atoms with van der Waals surface area (Å²) in [5.74, 6) is 1.61. The van der Waals surface area contributed by atoms with Crippen molar-refractivity contribution in [1.82, 2.24) is 20.4 Å². The minimum atomic E-state index is -0.456. The molecule has 32 heavy (non-hydrogen) atoms. The molecule has 166 valence electrons. The van der Waals surface area contributed by atoms with E-state index in [9.17, 15) is 4.79 Å². The van der Waals surface area contributed by atoms with E-state index in [2.05, 4.69) is 15.5 Å². The predicted octanol–water partition coefficient (Wildman–Crippen LogP) is 5.70. The largest absolute Gasteiger partial charge is 0.494 e. The van der Waals surface area contributed by atoms with Crippen molar-refractivity contribution < 1.29 is 14.1 Å². The fraction of sp³-hybridized carbons (Fsp3) is 0.292. The molecule has 4 rings (SSSR count). The summed E-state index contributed by atoms with van der Waals surface area (Å²) in [4.78, 5) is 19.2. The second-order valence-corrected chi connectivity index (χ2v) is 7.91. The van der Waals surface area contributed by atoms with Crippen molar-refractivity contribution in [3.8, 4) is 17.1 Å². The number of nitrogens with one attached hydrogen (secondary N) is 1. The maximum absolute atomic E-state index is 12.8. The fourth-order valence-corrected chi connectivity index (χ4v) is 4.00. The van der Waals surface area contributed by atoms with Gasteiger partial charge in [-0.3, -0.25) is 4.90 Å². The van der Waals surface area contributed by atoms with Gasteiger partial charge in [0.1, 0.15) is 5.75 Å². The van der Waals surface area contributed by atoms with Gasteiger partial charge in [-0.05, 0) is 62.2 Å². The zero-order valence-electron chi connectivity index (χ0n) is 18.3. The number of carbonyl (C=O) groups excluding carboxylic acids is 1. The minimum absolute atomic E-state index is 0.163. The Bertz CT molecular complexity index is 1140. The maximum atomic E-state index is 12.8. The lowest BCUT2D eigenvalue weighted by Gasteiger charge is -2.35. The van der Waals surface area contributed by atoms with E-state index in [4.69, 9.17) is 20.9 Å². The lowest BCUT2D eigenvalue weighted by Crippen LogP contribution is -2.46. The predicted molar refractivity (Wildman–Crippen MR) is 123 cm³/mol. The van der Waals surface area contributed by atoms with Crippen LogP contribution < -0.4 is 10.1 Å². The standard InChI is InChI=1S/C24H25ClN4O3/c1-4-13-29-15(3)20(21(26-24(29)30)17-7-6-8-18(25)14-17)23-27-22(28-32-23)16-9-11-19(12-10-16)31-5-2/h6-12,14,21H,4-5,13H2,1-3H3,(H,26,30). The maximum Gasteiger partial charge on any atom is 0.322 e. The number of nitrogens with zero attached hydrogens (tertiary/aromatic N) is 3. The number of rotatable bonds is 7. The molecule has 0 saturated carbocycles. The third-order valence-corrected chi connectivity index (χ3v) is 5.54. The number of aromatic nitrogens is 2. The smallest absolute Gasteiger partial charge is 0.322 e. The van der Waals surface area contributed by atoms with E-state index in [1.165, 1.54) is 0 Å². The van der Waals surface area contributed by atoms with Crippen molar-refractivity contribution in [2.24, 2.45) is 0 Å². The Morgan fingerprint density at radius 1 is 1.19 bits per heavy atom. The van der Waals surface area contributed by atoms with Gasteiger partial charge in [-0.1, -0.05) is 35.8 Å². The van der Waals surface area contributed by atoms with Crippen LogP contribution in [0.4, 0.5) is 4.79 Å². The van der Waals surface area contributed by atoms with Crippen molar-refractivity contribution >= 4 is 23.2 Å². The van der Waals surface area contributed by atoms with Crippen molar-refractivity contribution in [2.45, 2.75) is 33.2 Å². The van der Waals surface area contributed by atoms with E-state index in [0.717, 1.165) is 34.6 Å². The van der Waals surface area contributed by atoms with Crippen LogP contribution in [0.1, 0.15) is 44.7 Å². The van der Waals surface area contributed by atoms with Gasteiger partial charge in [0.2, 0.25) is 5.82 Å². The molecule has 2 heterocycles. The van der Waals surface area contributed by atoms with Gasteiger partial charge in [-0.25, -0.2) is 4.79 Å². The summed E-state index contributed by atoms with van der Waals surface area (Å²) in [6.07, 6.45) is 0.821. The second-order valence-electron chi connectivity index (χ2n) is 7.47. The van der Waals surface area contributed by atoms with Crippen LogP contribution in [0.3, 0.4) is 0 Å². The van der Waals surface area contributed by atoms with Crippen LogP contribution in [0.25, 0.3) is 17.0 Å². The highest BCUT2D eigenvalue weighted by atomic mass is 35.5. The van der Waals surface area contributed by atoms with Gasteiger partial charge >= 0.3 is 6.03 Å². The number of amides is 2.